The number of carboxylic acids is 1. The average Bonchev–Trinajstić information content (AvgIpc) is 2.63. The number of carbonyl (C=O) groups excluding carboxylic acids is 1. The number of aromatic carboxylic acids is 1. The molecule has 0 aromatic heterocycles. The van der Waals surface area contributed by atoms with E-state index in [0.29, 0.717) is 25.2 Å². The maximum atomic E-state index is 12.4. The third kappa shape index (κ3) is 3.81. The van der Waals surface area contributed by atoms with Gasteiger partial charge in [0.1, 0.15) is 0 Å². The molecule has 1 aliphatic rings. The molecule has 0 bridgehead atoms. The lowest BCUT2D eigenvalue weighted by Gasteiger charge is -2.34. The van der Waals surface area contributed by atoms with E-state index in [1.807, 2.05) is 41.3 Å². The van der Waals surface area contributed by atoms with Crippen LogP contribution in [-0.4, -0.2) is 53.0 Å². The predicted octanol–water partition coefficient (Wildman–Crippen LogP) is 2.34. The number of nitrogens with zero attached hydrogens (tertiary/aromatic N) is 2. The monoisotopic (exact) mass is 324 g/mol. The van der Waals surface area contributed by atoms with E-state index in [2.05, 4.69) is 4.90 Å². The summed E-state index contributed by atoms with van der Waals surface area (Å²) in [5.74, 6) is -0.835. The summed E-state index contributed by atoms with van der Waals surface area (Å²) in [5, 5.41) is 9.06. The Morgan fingerprint density at radius 1 is 0.875 bits per heavy atom. The molecule has 0 unspecified atom stereocenters. The standard InChI is InChI=1S/C19H20N2O3/c22-18(16-6-2-1-3-7-16)21-11-9-20(10-12-21)14-15-5-4-8-17(13-15)19(23)24/h1-8,13H,9-12,14H2,(H,23,24). The zero-order valence-corrected chi connectivity index (χ0v) is 13.4. The molecule has 1 saturated heterocycles. The number of amides is 1. The summed E-state index contributed by atoms with van der Waals surface area (Å²) >= 11 is 0. The smallest absolute Gasteiger partial charge is 0.335 e. The highest BCUT2D eigenvalue weighted by molar-refractivity contribution is 5.94. The quantitative estimate of drug-likeness (QED) is 0.938. The van der Waals surface area contributed by atoms with Crippen molar-refractivity contribution in [2.45, 2.75) is 6.54 Å². The highest BCUT2D eigenvalue weighted by Crippen LogP contribution is 2.13. The van der Waals surface area contributed by atoms with E-state index in [0.717, 1.165) is 24.2 Å². The first-order chi connectivity index (χ1) is 11.6. The molecule has 0 atom stereocenters. The summed E-state index contributed by atoms with van der Waals surface area (Å²) in [5.41, 5.74) is 2.02. The molecule has 124 valence electrons. The van der Waals surface area contributed by atoms with Crippen molar-refractivity contribution < 1.29 is 14.7 Å². The number of carbonyl (C=O) groups is 2. The lowest BCUT2D eigenvalue weighted by molar-refractivity contribution is 0.0626. The first kappa shape index (κ1) is 16.2. The van der Waals surface area contributed by atoms with Crippen LogP contribution in [0.5, 0.6) is 0 Å². The second-order valence-electron chi connectivity index (χ2n) is 5.94. The van der Waals surface area contributed by atoms with Crippen LogP contribution < -0.4 is 0 Å². The van der Waals surface area contributed by atoms with E-state index >= 15 is 0 Å². The predicted molar refractivity (Wildman–Crippen MR) is 91.0 cm³/mol. The zero-order chi connectivity index (χ0) is 16.9. The second kappa shape index (κ2) is 7.27. The Balaban J connectivity index is 1.56. The molecule has 0 radical (unpaired) electrons. The van der Waals surface area contributed by atoms with Crippen molar-refractivity contribution in [3.8, 4) is 0 Å². The molecule has 1 amide bonds. The van der Waals surface area contributed by atoms with Crippen molar-refractivity contribution in [1.82, 2.24) is 9.80 Å². The van der Waals surface area contributed by atoms with Gasteiger partial charge in [0.05, 0.1) is 5.56 Å². The second-order valence-corrected chi connectivity index (χ2v) is 5.94. The van der Waals surface area contributed by atoms with Crippen LogP contribution in [0.15, 0.2) is 54.6 Å². The molecule has 0 saturated carbocycles. The minimum absolute atomic E-state index is 0.0723. The maximum Gasteiger partial charge on any atom is 0.335 e. The molecule has 1 aliphatic heterocycles. The van der Waals surface area contributed by atoms with Crippen LogP contribution in [0.4, 0.5) is 0 Å². The third-order valence-corrected chi connectivity index (χ3v) is 4.26. The summed E-state index contributed by atoms with van der Waals surface area (Å²) < 4.78 is 0. The van der Waals surface area contributed by atoms with Crippen molar-refractivity contribution in [3.63, 3.8) is 0 Å². The number of hydrogen-bond donors (Lipinski definition) is 1. The minimum Gasteiger partial charge on any atom is -0.478 e. The van der Waals surface area contributed by atoms with Gasteiger partial charge in [0, 0.05) is 38.3 Å². The van der Waals surface area contributed by atoms with E-state index in [1.54, 1.807) is 18.2 Å². The molecule has 3 rings (SSSR count). The summed E-state index contributed by atoms with van der Waals surface area (Å²) in [7, 11) is 0. The van der Waals surface area contributed by atoms with E-state index < -0.39 is 5.97 Å². The number of hydrogen-bond acceptors (Lipinski definition) is 3. The Morgan fingerprint density at radius 2 is 1.54 bits per heavy atom. The SMILES string of the molecule is O=C(O)c1cccc(CN2CCN(C(=O)c3ccccc3)CC2)c1. The number of carboxylic acid groups (broad SMARTS) is 1. The van der Waals surface area contributed by atoms with Gasteiger partial charge >= 0.3 is 5.97 Å². The highest BCUT2D eigenvalue weighted by Gasteiger charge is 2.22. The molecule has 2 aromatic carbocycles. The molecule has 5 heteroatoms. The van der Waals surface area contributed by atoms with Crippen molar-refractivity contribution in [3.05, 3.63) is 71.3 Å². The lowest BCUT2D eigenvalue weighted by atomic mass is 10.1. The Morgan fingerprint density at radius 3 is 2.21 bits per heavy atom. The Kier molecular flexibility index (Phi) is 4.91. The van der Waals surface area contributed by atoms with Gasteiger partial charge in [0.15, 0.2) is 0 Å². The Hall–Kier alpha value is -2.66. The fraction of sp³-hybridized carbons (Fsp3) is 0.263. The molecular weight excluding hydrogens is 304 g/mol. The summed E-state index contributed by atoms with van der Waals surface area (Å²) in [6, 6.07) is 16.4. The normalized spacial score (nSPS) is 15.2. The first-order valence-corrected chi connectivity index (χ1v) is 8.02. The summed E-state index contributed by atoms with van der Waals surface area (Å²) in [6.45, 7) is 3.65. The van der Waals surface area contributed by atoms with Crippen LogP contribution in [0.3, 0.4) is 0 Å². The minimum atomic E-state index is -0.907. The molecule has 2 aromatic rings. The summed E-state index contributed by atoms with van der Waals surface area (Å²) in [6.07, 6.45) is 0. The van der Waals surface area contributed by atoms with Gasteiger partial charge in [-0.05, 0) is 29.8 Å². The number of rotatable bonds is 4. The third-order valence-electron chi connectivity index (χ3n) is 4.26. The lowest BCUT2D eigenvalue weighted by Crippen LogP contribution is -2.48. The van der Waals surface area contributed by atoms with Crippen LogP contribution >= 0.6 is 0 Å². The molecule has 24 heavy (non-hydrogen) atoms. The van der Waals surface area contributed by atoms with Crippen molar-refractivity contribution in [1.29, 1.82) is 0 Å². The summed E-state index contributed by atoms with van der Waals surface area (Å²) in [4.78, 5) is 27.6. The van der Waals surface area contributed by atoms with Crippen LogP contribution in [0.2, 0.25) is 0 Å². The van der Waals surface area contributed by atoms with Crippen molar-refractivity contribution in [2.24, 2.45) is 0 Å². The molecule has 1 heterocycles. The van der Waals surface area contributed by atoms with Gasteiger partial charge in [-0.15, -0.1) is 0 Å². The van der Waals surface area contributed by atoms with Gasteiger partial charge in [-0.25, -0.2) is 4.79 Å². The van der Waals surface area contributed by atoms with Gasteiger partial charge in [-0.3, -0.25) is 9.69 Å². The fourth-order valence-corrected chi connectivity index (χ4v) is 2.93. The van der Waals surface area contributed by atoms with Crippen LogP contribution in [0.25, 0.3) is 0 Å². The topological polar surface area (TPSA) is 60.9 Å². The zero-order valence-electron chi connectivity index (χ0n) is 13.4. The van der Waals surface area contributed by atoms with Gasteiger partial charge in [-0.2, -0.15) is 0 Å². The largest absolute Gasteiger partial charge is 0.478 e. The molecule has 1 N–H and O–H groups in total. The Labute approximate surface area is 141 Å². The van der Waals surface area contributed by atoms with Crippen LogP contribution in [-0.2, 0) is 6.54 Å². The molecule has 5 nitrogen and oxygen atoms in total. The fourth-order valence-electron chi connectivity index (χ4n) is 2.93. The maximum absolute atomic E-state index is 12.4. The molecule has 1 fully saturated rings. The highest BCUT2D eigenvalue weighted by atomic mass is 16.4. The van der Waals surface area contributed by atoms with Gasteiger partial charge < -0.3 is 10.0 Å². The van der Waals surface area contributed by atoms with Crippen LogP contribution in [0, 0.1) is 0 Å². The Bertz CT molecular complexity index is 722. The van der Waals surface area contributed by atoms with E-state index in [4.69, 9.17) is 5.11 Å². The van der Waals surface area contributed by atoms with Crippen LogP contribution in [0.1, 0.15) is 26.3 Å². The van der Waals surface area contributed by atoms with Gasteiger partial charge in [-0.1, -0.05) is 30.3 Å². The van der Waals surface area contributed by atoms with Gasteiger partial charge in [0.2, 0.25) is 0 Å². The van der Waals surface area contributed by atoms with E-state index in [9.17, 15) is 9.59 Å². The van der Waals surface area contributed by atoms with Crippen molar-refractivity contribution in [2.75, 3.05) is 26.2 Å². The number of benzene rings is 2. The number of piperazine rings is 1. The van der Waals surface area contributed by atoms with Crippen molar-refractivity contribution >= 4 is 11.9 Å². The molecule has 0 spiro atoms. The average molecular weight is 324 g/mol. The van der Waals surface area contributed by atoms with Gasteiger partial charge in [0.25, 0.3) is 5.91 Å². The molecule has 0 aliphatic carbocycles. The molecular formula is C19H20N2O3. The van der Waals surface area contributed by atoms with E-state index in [-0.39, 0.29) is 5.91 Å². The first-order valence-electron chi connectivity index (χ1n) is 8.02. The van der Waals surface area contributed by atoms with E-state index in [1.165, 1.54) is 0 Å².